The first-order chi connectivity index (χ1) is 21.9. The maximum Gasteiger partial charge on any atom is 0.499 e. The van der Waals surface area contributed by atoms with E-state index in [1.54, 1.807) is 42.2 Å². The van der Waals surface area contributed by atoms with Gasteiger partial charge in [-0.2, -0.15) is 32.0 Å². The molecule has 0 radical (unpaired) electrons. The van der Waals surface area contributed by atoms with Gasteiger partial charge in [0, 0.05) is 22.9 Å². The maximum atomic E-state index is 13.1. The third-order valence-electron chi connectivity index (χ3n) is 7.10. The predicted octanol–water partition coefficient (Wildman–Crippen LogP) is 7.60. The number of thioether (sulfide) groups is 1. The number of hydrazone groups is 1. The molecule has 15 heteroatoms. The number of benzene rings is 3. The van der Waals surface area contributed by atoms with Gasteiger partial charge < -0.3 is 4.74 Å². The molecule has 1 aromatic heterocycles. The molecular weight excluding hydrogens is 646 g/mol. The molecular formula is C31H24F5N7OS2. The summed E-state index contributed by atoms with van der Waals surface area (Å²) in [4.78, 5) is 11.0. The number of anilines is 1. The fraction of sp³-hybridized carbons (Fsp3) is 0.194. The van der Waals surface area contributed by atoms with Crippen LogP contribution in [0.1, 0.15) is 29.5 Å². The first-order valence-electron chi connectivity index (χ1n) is 13.8. The van der Waals surface area contributed by atoms with Gasteiger partial charge in [-0.05, 0) is 66.2 Å². The summed E-state index contributed by atoms with van der Waals surface area (Å²) in [6.45, 7) is 4.26. The van der Waals surface area contributed by atoms with E-state index in [-0.39, 0.29) is 5.11 Å². The third-order valence-corrected chi connectivity index (χ3v) is 8.25. The number of rotatable bonds is 6. The summed E-state index contributed by atoms with van der Waals surface area (Å²) in [5.74, 6) is 0.863. The first-order valence-corrected chi connectivity index (χ1v) is 15.2. The highest BCUT2D eigenvalue weighted by atomic mass is 32.2. The number of nitrogens with zero attached hydrogens (tertiary/aromatic N) is 6. The minimum atomic E-state index is -5.83. The lowest BCUT2D eigenvalue weighted by Gasteiger charge is -2.30. The van der Waals surface area contributed by atoms with Crippen LogP contribution in [0.4, 0.5) is 27.6 Å². The smallest absolute Gasteiger partial charge is 0.426 e. The molecule has 1 fully saturated rings. The standard InChI is InChI=1S/C31H24F5N7OS2/c1-18-3-12-25-19(2)14-23-16-46-29(43(23)26(25)13-18)39-28(45)40-38-15-20-4-6-21(7-5-20)27-37-17-42(41-27)22-8-10-24(11-9-22)44-31(35,36)30(32,33)34/h3-15,17,19H,16H2,1-2H3,(H,40,45)/b38-15+,39-29?. The fourth-order valence-electron chi connectivity index (χ4n) is 4.85. The van der Waals surface area contributed by atoms with Crippen molar-refractivity contribution in [1.82, 2.24) is 20.2 Å². The summed E-state index contributed by atoms with van der Waals surface area (Å²) < 4.78 is 68.6. The van der Waals surface area contributed by atoms with Gasteiger partial charge in [0.25, 0.3) is 0 Å². The third kappa shape index (κ3) is 6.51. The van der Waals surface area contributed by atoms with Gasteiger partial charge in [0.05, 0.1) is 17.6 Å². The summed E-state index contributed by atoms with van der Waals surface area (Å²) in [6.07, 6.45) is -5.89. The summed E-state index contributed by atoms with van der Waals surface area (Å²) >= 11 is 7.07. The van der Waals surface area contributed by atoms with E-state index in [0.29, 0.717) is 23.0 Å². The zero-order chi connectivity index (χ0) is 32.6. The topological polar surface area (TPSA) is 79.9 Å². The number of nitrogens with one attached hydrogen (secondary N) is 1. The van der Waals surface area contributed by atoms with Crippen LogP contribution < -0.4 is 15.1 Å². The Labute approximate surface area is 269 Å². The second kappa shape index (κ2) is 12.3. The number of hydrogen-bond donors (Lipinski definition) is 1. The predicted molar refractivity (Wildman–Crippen MR) is 172 cm³/mol. The largest absolute Gasteiger partial charge is 0.499 e. The Morgan fingerprint density at radius 1 is 1.07 bits per heavy atom. The van der Waals surface area contributed by atoms with Crippen molar-refractivity contribution in [1.29, 1.82) is 0 Å². The number of halogens is 5. The van der Waals surface area contributed by atoms with E-state index in [9.17, 15) is 22.0 Å². The molecule has 2 aliphatic heterocycles. The summed E-state index contributed by atoms with van der Waals surface area (Å²) in [5, 5.41) is 9.61. The number of ether oxygens (including phenoxy) is 1. The molecule has 1 unspecified atom stereocenters. The lowest BCUT2D eigenvalue weighted by molar-refractivity contribution is -0.360. The second-order valence-corrected chi connectivity index (χ2v) is 11.8. The lowest BCUT2D eigenvalue weighted by atomic mass is 9.93. The quantitative estimate of drug-likeness (QED) is 0.0981. The zero-order valence-corrected chi connectivity index (χ0v) is 25.8. The number of aliphatic imine (C=N–C) groups is 1. The average Bonchev–Trinajstić information content (AvgIpc) is 3.65. The Balaban J connectivity index is 1.07. The molecule has 0 saturated carbocycles. The van der Waals surface area contributed by atoms with Crippen molar-refractivity contribution in [2.75, 3.05) is 10.7 Å². The second-order valence-electron chi connectivity index (χ2n) is 10.4. The Morgan fingerprint density at radius 2 is 1.80 bits per heavy atom. The molecule has 0 amide bonds. The van der Waals surface area contributed by atoms with Crippen molar-refractivity contribution in [2.45, 2.75) is 32.1 Å². The van der Waals surface area contributed by atoms with Crippen LogP contribution in [0.15, 0.2) is 94.9 Å². The van der Waals surface area contributed by atoms with Gasteiger partial charge in [0.2, 0.25) is 5.11 Å². The lowest BCUT2D eigenvalue weighted by Crippen LogP contribution is -2.41. The molecule has 3 aromatic carbocycles. The van der Waals surface area contributed by atoms with Crippen LogP contribution >= 0.6 is 24.0 Å². The Hall–Kier alpha value is -4.63. The molecule has 46 heavy (non-hydrogen) atoms. The van der Waals surface area contributed by atoms with Crippen LogP contribution in [0.25, 0.3) is 17.1 Å². The van der Waals surface area contributed by atoms with Crippen LogP contribution in [-0.4, -0.2) is 49.3 Å². The number of hydrogen-bond acceptors (Lipinski definition) is 6. The molecule has 2 aliphatic rings. The van der Waals surface area contributed by atoms with Crippen molar-refractivity contribution in [3.63, 3.8) is 0 Å². The normalized spacial score (nSPS) is 17.2. The zero-order valence-electron chi connectivity index (χ0n) is 24.2. The van der Waals surface area contributed by atoms with E-state index < -0.39 is 18.0 Å². The van der Waals surface area contributed by atoms with E-state index >= 15 is 0 Å². The highest BCUT2D eigenvalue weighted by Gasteiger charge is 2.61. The van der Waals surface area contributed by atoms with Gasteiger partial charge in [-0.1, -0.05) is 61.2 Å². The van der Waals surface area contributed by atoms with Crippen molar-refractivity contribution < 1.29 is 26.7 Å². The first kappa shape index (κ1) is 31.4. The molecule has 0 bridgehead atoms. The number of fused-ring (bicyclic) bond motifs is 3. The SMILES string of the molecule is Cc1ccc2c(c1)N1C(=CC2C)CSC1=NC(=S)N/N=C/c1ccc(-c2ncn(-c3ccc(OC(F)(F)C(F)(F)F)cc3)n2)cc1. The van der Waals surface area contributed by atoms with Crippen molar-refractivity contribution >= 4 is 46.2 Å². The Kier molecular flexibility index (Phi) is 8.37. The minimum Gasteiger partial charge on any atom is -0.426 e. The van der Waals surface area contributed by atoms with Gasteiger partial charge in [-0.3, -0.25) is 10.3 Å². The summed E-state index contributed by atoms with van der Waals surface area (Å²) in [7, 11) is 0. The van der Waals surface area contributed by atoms with Crippen molar-refractivity contribution in [3.8, 4) is 22.8 Å². The monoisotopic (exact) mass is 669 g/mol. The van der Waals surface area contributed by atoms with Gasteiger partial charge in [-0.25, -0.2) is 9.67 Å². The molecule has 6 rings (SSSR count). The molecule has 3 heterocycles. The van der Waals surface area contributed by atoms with Crippen LogP contribution in [0, 0.1) is 6.92 Å². The van der Waals surface area contributed by atoms with Crippen LogP contribution in [-0.2, 0) is 0 Å². The molecule has 8 nitrogen and oxygen atoms in total. The van der Waals surface area contributed by atoms with Gasteiger partial charge in [-0.15, -0.1) is 5.10 Å². The van der Waals surface area contributed by atoms with Gasteiger partial charge >= 0.3 is 12.3 Å². The van der Waals surface area contributed by atoms with E-state index in [2.05, 4.69) is 73.4 Å². The molecule has 1 saturated heterocycles. The fourth-order valence-corrected chi connectivity index (χ4v) is 6.05. The molecule has 0 aliphatic carbocycles. The average molecular weight is 670 g/mol. The molecule has 1 atom stereocenters. The van der Waals surface area contributed by atoms with E-state index in [1.165, 1.54) is 40.0 Å². The molecule has 0 spiro atoms. The molecule has 236 valence electrons. The number of amidine groups is 1. The summed E-state index contributed by atoms with van der Waals surface area (Å²) in [5.41, 5.74) is 9.38. The molecule has 1 N–H and O–H groups in total. The number of allylic oxidation sites excluding steroid dienone is 1. The van der Waals surface area contributed by atoms with E-state index in [1.807, 2.05) is 0 Å². The van der Waals surface area contributed by atoms with Gasteiger partial charge in [0.1, 0.15) is 12.1 Å². The highest BCUT2D eigenvalue weighted by molar-refractivity contribution is 8.14. The minimum absolute atomic E-state index is 0.229. The molecule has 4 aromatic rings. The van der Waals surface area contributed by atoms with Crippen LogP contribution in [0.5, 0.6) is 5.75 Å². The Morgan fingerprint density at radius 3 is 2.52 bits per heavy atom. The number of aromatic nitrogens is 3. The van der Waals surface area contributed by atoms with E-state index in [0.717, 1.165) is 34.3 Å². The number of alkyl halides is 5. The highest BCUT2D eigenvalue weighted by Crippen LogP contribution is 2.43. The van der Waals surface area contributed by atoms with Crippen molar-refractivity contribution in [2.24, 2.45) is 10.1 Å². The summed E-state index contributed by atoms with van der Waals surface area (Å²) in [6, 6.07) is 18.2. The van der Waals surface area contributed by atoms with Gasteiger partial charge in [0.15, 0.2) is 11.0 Å². The maximum absolute atomic E-state index is 13.1. The van der Waals surface area contributed by atoms with Crippen LogP contribution in [0.3, 0.4) is 0 Å². The van der Waals surface area contributed by atoms with Crippen molar-refractivity contribution in [3.05, 3.63) is 102 Å². The van der Waals surface area contributed by atoms with E-state index in [4.69, 9.17) is 12.2 Å². The van der Waals surface area contributed by atoms with Crippen LogP contribution in [0.2, 0.25) is 0 Å². The Bertz CT molecular complexity index is 1870. The number of aryl methyl sites for hydroxylation is 1. The number of thiocarbonyl (C=S) groups is 1.